The minimum atomic E-state index is 0.177. The molecule has 0 saturated carbocycles. The number of nitrogens with zero attached hydrogens (tertiary/aromatic N) is 2. The first-order valence-electron chi connectivity index (χ1n) is 9.51. The van der Waals surface area contributed by atoms with Crippen LogP contribution in [-0.2, 0) is 5.41 Å². The summed E-state index contributed by atoms with van der Waals surface area (Å²) < 4.78 is 0. The largest absolute Gasteiger partial charge is 0.363 e. The van der Waals surface area contributed by atoms with Crippen LogP contribution < -0.4 is 5.43 Å². The van der Waals surface area contributed by atoms with Crippen molar-refractivity contribution >= 4 is 18.1 Å². The van der Waals surface area contributed by atoms with Gasteiger partial charge < -0.3 is 4.98 Å². The van der Waals surface area contributed by atoms with Crippen molar-refractivity contribution in [3.05, 3.63) is 82.5 Å². The molecule has 0 fully saturated rings. The van der Waals surface area contributed by atoms with Crippen LogP contribution in [0.3, 0.4) is 0 Å². The zero-order valence-corrected chi connectivity index (χ0v) is 16.0. The van der Waals surface area contributed by atoms with E-state index in [4.69, 9.17) is 0 Å². The SMILES string of the molecule is CC(C)(C)c1ccc(C2CC=C3c4c(c[nH]c42)C=CC2=CN=CNN23)cc1. The molecule has 0 radical (unpaired) electrons. The van der Waals surface area contributed by atoms with Crippen LogP contribution in [0.1, 0.15) is 61.1 Å². The van der Waals surface area contributed by atoms with Crippen molar-refractivity contribution in [2.45, 2.75) is 38.5 Å². The van der Waals surface area contributed by atoms with Crippen LogP contribution in [0.4, 0.5) is 0 Å². The van der Waals surface area contributed by atoms with E-state index in [2.05, 4.69) is 89.9 Å². The van der Waals surface area contributed by atoms with Crippen molar-refractivity contribution in [3.63, 3.8) is 0 Å². The number of hydrogen-bond donors (Lipinski definition) is 2. The third-order valence-corrected chi connectivity index (χ3v) is 5.67. The van der Waals surface area contributed by atoms with Gasteiger partial charge in [-0.3, -0.25) is 10.4 Å². The van der Waals surface area contributed by atoms with Crippen LogP contribution in [-0.4, -0.2) is 16.3 Å². The molecule has 2 aliphatic heterocycles. The summed E-state index contributed by atoms with van der Waals surface area (Å²) in [7, 11) is 0. The molecule has 136 valence electrons. The van der Waals surface area contributed by atoms with E-state index < -0.39 is 0 Å². The van der Waals surface area contributed by atoms with Crippen LogP contribution >= 0.6 is 0 Å². The lowest BCUT2D eigenvalue weighted by Gasteiger charge is -2.32. The molecule has 5 rings (SSSR count). The Bertz CT molecular complexity index is 1010. The molecule has 2 N–H and O–H groups in total. The fourth-order valence-electron chi connectivity index (χ4n) is 4.16. The van der Waals surface area contributed by atoms with Crippen molar-refractivity contribution in [3.8, 4) is 0 Å². The van der Waals surface area contributed by atoms with Crippen molar-refractivity contribution in [1.82, 2.24) is 15.4 Å². The Hall–Kier alpha value is -3.01. The van der Waals surface area contributed by atoms with E-state index in [9.17, 15) is 0 Å². The van der Waals surface area contributed by atoms with E-state index in [1.807, 2.05) is 6.20 Å². The maximum atomic E-state index is 4.22. The number of fused-ring (bicyclic) bond motifs is 2. The molecular formula is C23H24N4. The Kier molecular flexibility index (Phi) is 3.44. The Labute approximate surface area is 160 Å². The van der Waals surface area contributed by atoms with Crippen LogP contribution in [0.15, 0.2) is 59.5 Å². The summed E-state index contributed by atoms with van der Waals surface area (Å²) in [5.74, 6) is 0.351. The lowest BCUT2D eigenvalue weighted by atomic mass is 9.82. The monoisotopic (exact) mass is 356 g/mol. The molecule has 1 atom stereocenters. The van der Waals surface area contributed by atoms with E-state index >= 15 is 0 Å². The molecule has 3 heterocycles. The average molecular weight is 356 g/mol. The van der Waals surface area contributed by atoms with E-state index in [1.165, 1.54) is 33.6 Å². The van der Waals surface area contributed by atoms with E-state index in [0.717, 1.165) is 12.1 Å². The van der Waals surface area contributed by atoms with Gasteiger partial charge in [-0.15, -0.1) is 0 Å². The Morgan fingerprint density at radius 2 is 1.93 bits per heavy atom. The maximum absolute atomic E-state index is 4.22. The predicted octanol–water partition coefficient (Wildman–Crippen LogP) is 4.91. The van der Waals surface area contributed by atoms with Gasteiger partial charge in [0.15, 0.2) is 0 Å². The van der Waals surface area contributed by atoms with Gasteiger partial charge in [0.2, 0.25) is 0 Å². The third kappa shape index (κ3) is 2.55. The summed E-state index contributed by atoms with van der Waals surface area (Å²) >= 11 is 0. The second-order valence-electron chi connectivity index (χ2n) is 8.41. The van der Waals surface area contributed by atoms with E-state index in [-0.39, 0.29) is 5.41 Å². The lowest BCUT2D eigenvalue weighted by Crippen LogP contribution is -2.36. The predicted molar refractivity (Wildman–Crippen MR) is 111 cm³/mol. The summed E-state index contributed by atoms with van der Waals surface area (Å²) in [6.45, 7) is 6.78. The van der Waals surface area contributed by atoms with Crippen molar-refractivity contribution in [2.75, 3.05) is 0 Å². The second kappa shape index (κ2) is 5.74. The zero-order valence-electron chi connectivity index (χ0n) is 16.0. The highest BCUT2D eigenvalue weighted by Gasteiger charge is 2.31. The van der Waals surface area contributed by atoms with Gasteiger partial charge in [-0.25, -0.2) is 4.99 Å². The van der Waals surface area contributed by atoms with Gasteiger partial charge in [-0.1, -0.05) is 57.2 Å². The normalized spacial score (nSPS) is 20.3. The summed E-state index contributed by atoms with van der Waals surface area (Å²) in [6, 6.07) is 9.14. The molecule has 3 aliphatic rings. The van der Waals surface area contributed by atoms with E-state index in [1.54, 1.807) is 6.34 Å². The Balaban J connectivity index is 1.56. The lowest BCUT2D eigenvalue weighted by molar-refractivity contribution is 0.449. The third-order valence-electron chi connectivity index (χ3n) is 5.67. The van der Waals surface area contributed by atoms with Gasteiger partial charge in [0.25, 0.3) is 0 Å². The summed E-state index contributed by atoms with van der Waals surface area (Å²) in [5, 5.41) is 2.12. The minimum Gasteiger partial charge on any atom is -0.363 e. The highest BCUT2D eigenvalue weighted by Crippen LogP contribution is 2.43. The number of rotatable bonds is 1. The van der Waals surface area contributed by atoms with Gasteiger partial charge in [0.1, 0.15) is 6.34 Å². The molecule has 0 spiro atoms. The second-order valence-corrected chi connectivity index (χ2v) is 8.41. The highest BCUT2D eigenvalue weighted by molar-refractivity contribution is 5.82. The number of aliphatic imine (C=N–C) groups is 1. The van der Waals surface area contributed by atoms with Crippen LogP contribution in [0.25, 0.3) is 11.8 Å². The Morgan fingerprint density at radius 3 is 2.70 bits per heavy atom. The zero-order chi connectivity index (χ0) is 18.6. The number of aromatic amines is 1. The number of hydrazine groups is 1. The van der Waals surface area contributed by atoms with Gasteiger partial charge in [-0.2, -0.15) is 0 Å². The highest BCUT2D eigenvalue weighted by atomic mass is 15.5. The van der Waals surface area contributed by atoms with Gasteiger partial charge >= 0.3 is 0 Å². The van der Waals surface area contributed by atoms with Crippen molar-refractivity contribution in [2.24, 2.45) is 4.99 Å². The molecule has 1 aliphatic carbocycles. The quantitative estimate of drug-likeness (QED) is 0.763. The maximum Gasteiger partial charge on any atom is 0.107 e. The number of H-pyrrole nitrogens is 1. The number of hydrogen-bond acceptors (Lipinski definition) is 3. The number of benzene rings is 1. The minimum absolute atomic E-state index is 0.177. The molecule has 1 aromatic heterocycles. The number of allylic oxidation sites excluding steroid dienone is 2. The molecule has 2 aromatic rings. The number of nitrogens with one attached hydrogen (secondary N) is 2. The average Bonchev–Trinajstić information content (AvgIpc) is 3.02. The number of aromatic nitrogens is 1. The first kappa shape index (κ1) is 16.2. The molecule has 0 amide bonds. The van der Waals surface area contributed by atoms with Crippen molar-refractivity contribution < 1.29 is 0 Å². The van der Waals surface area contributed by atoms with Crippen LogP contribution in [0.5, 0.6) is 0 Å². The first-order chi connectivity index (χ1) is 13.0. The molecular weight excluding hydrogens is 332 g/mol. The molecule has 0 bridgehead atoms. The summed E-state index contributed by atoms with van der Waals surface area (Å²) in [5.41, 5.74) is 12.2. The first-order valence-corrected chi connectivity index (χ1v) is 9.51. The summed E-state index contributed by atoms with van der Waals surface area (Å²) in [4.78, 5) is 7.79. The molecule has 4 heteroatoms. The summed E-state index contributed by atoms with van der Waals surface area (Å²) in [6.07, 6.45) is 13.3. The fourth-order valence-corrected chi connectivity index (χ4v) is 4.16. The van der Waals surface area contributed by atoms with Crippen LogP contribution in [0, 0.1) is 0 Å². The van der Waals surface area contributed by atoms with Gasteiger partial charge in [0.05, 0.1) is 17.6 Å². The fraction of sp³-hybridized carbons (Fsp3) is 0.261. The smallest absolute Gasteiger partial charge is 0.107 e. The topological polar surface area (TPSA) is 43.4 Å². The van der Waals surface area contributed by atoms with Gasteiger partial charge in [0, 0.05) is 28.9 Å². The standard InChI is InChI=1S/C23H24N4/c1-23(2,3)17-7-4-15(5-8-17)19-10-11-20-21-16(12-25-22(19)21)6-9-18-13-24-14-26-27(18)20/h4-9,11-14,19,25H,10H2,1-3H3,(H,24,26). The molecule has 1 aromatic carbocycles. The van der Waals surface area contributed by atoms with Crippen LogP contribution in [0.2, 0.25) is 0 Å². The molecule has 1 unspecified atom stereocenters. The Morgan fingerprint density at radius 1 is 1.11 bits per heavy atom. The molecule has 0 saturated heterocycles. The van der Waals surface area contributed by atoms with E-state index in [0.29, 0.717) is 5.92 Å². The molecule has 27 heavy (non-hydrogen) atoms. The van der Waals surface area contributed by atoms with Crippen molar-refractivity contribution in [1.29, 1.82) is 0 Å². The van der Waals surface area contributed by atoms with Gasteiger partial charge in [-0.05, 0) is 29.0 Å². The molecule has 4 nitrogen and oxygen atoms in total.